The molecule has 0 spiro atoms. The lowest BCUT2D eigenvalue weighted by Gasteiger charge is -2.29. The number of nitriles is 1. The van der Waals surface area contributed by atoms with Gasteiger partial charge in [0.25, 0.3) is 5.56 Å². The minimum absolute atomic E-state index is 0.0234. The molecule has 0 fully saturated rings. The highest BCUT2D eigenvalue weighted by molar-refractivity contribution is 7.21. The van der Waals surface area contributed by atoms with Crippen LogP contribution in [0.1, 0.15) is 58.8 Å². The number of hydrogen-bond acceptors (Lipinski definition) is 9. The third-order valence-corrected chi connectivity index (χ3v) is 8.67. The fourth-order valence-electron chi connectivity index (χ4n) is 4.75. The van der Waals surface area contributed by atoms with E-state index in [4.69, 9.17) is 21.1 Å². The topological polar surface area (TPSA) is 146 Å². The molecule has 0 radical (unpaired) electrons. The Morgan fingerprint density at radius 1 is 1.18 bits per heavy atom. The highest BCUT2D eigenvalue weighted by Gasteiger charge is 2.36. The maximum Gasteiger partial charge on any atom is 0.333 e. The van der Waals surface area contributed by atoms with Gasteiger partial charge in [-0.15, -0.1) is 4.80 Å². The summed E-state index contributed by atoms with van der Waals surface area (Å²) in [7, 11) is 1.51. The second-order valence-corrected chi connectivity index (χ2v) is 13.3. The maximum absolute atomic E-state index is 14.4. The first-order valence-electron chi connectivity index (χ1n) is 14.0. The van der Waals surface area contributed by atoms with E-state index in [0.29, 0.717) is 31.7 Å². The van der Waals surface area contributed by atoms with Crippen molar-refractivity contribution >= 4 is 39.1 Å². The molecule has 0 bridgehead atoms. The highest BCUT2D eigenvalue weighted by atomic mass is 35.5. The minimum atomic E-state index is -1.56. The largest absolute Gasteiger partial charge is 0.496 e. The lowest BCUT2D eigenvalue weighted by atomic mass is 9.97. The molecule has 44 heavy (non-hydrogen) atoms. The van der Waals surface area contributed by atoms with Gasteiger partial charge in [-0.05, 0) is 66.7 Å². The summed E-state index contributed by atoms with van der Waals surface area (Å²) in [5, 5.41) is 22.2. The van der Waals surface area contributed by atoms with Crippen LogP contribution in [0.3, 0.4) is 0 Å². The van der Waals surface area contributed by atoms with Crippen molar-refractivity contribution in [1.29, 1.82) is 5.26 Å². The van der Waals surface area contributed by atoms with Crippen molar-refractivity contribution in [2.45, 2.75) is 72.7 Å². The summed E-state index contributed by atoms with van der Waals surface area (Å²) in [5.74, 6) is -0.0215. The van der Waals surface area contributed by atoms with Crippen LogP contribution in [0.2, 0.25) is 5.02 Å². The van der Waals surface area contributed by atoms with Crippen LogP contribution in [0.4, 0.5) is 0 Å². The van der Waals surface area contributed by atoms with Crippen molar-refractivity contribution in [3.05, 3.63) is 67.6 Å². The first-order valence-corrected chi connectivity index (χ1v) is 15.2. The van der Waals surface area contributed by atoms with Gasteiger partial charge < -0.3 is 14.8 Å². The lowest BCUT2D eigenvalue weighted by molar-refractivity contribution is -0.129. The van der Waals surface area contributed by atoms with Gasteiger partial charge in [-0.25, -0.2) is 9.36 Å². The number of ether oxygens (including phenoxy) is 2. The Kier molecular flexibility index (Phi) is 9.39. The second kappa shape index (κ2) is 12.6. The molecule has 0 unspecified atom stereocenters. The quantitative estimate of drug-likeness (QED) is 0.254. The van der Waals surface area contributed by atoms with Gasteiger partial charge in [0.15, 0.2) is 0 Å². The first-order chi connectivity index (χ1) is 20.6. The zero-order chi connectivity index (χ0) is 32.6. The van der Waals surface area contributed by atoms with Gasteiger partial charge in [0.2, 0.25) is 5.91 Å². The molecule has 0 aliphatic heterocycles. The third-order valence-electron chi connectivity index (χ3n) is 7.16. The van der Waals surface area contributed by atoms with E-state index in [1.54, 1.807) is 52.8 Å². The smallest absolute Gasteiger partial charge is 0.333 e. The average molecular weight is 642 g/mol. The number of thiophene rings is 1. The number of halogens is 1. The van der Waals surface area contributed by atoms with E-state index in [0.717, 1.165) is 4.57 Å². The van der Waals surface area contributed by atoms with Gasteiger partial charge in [0.1, 0.15) is 27.2 Å². The van der Waals surface area contributed by atoms with Crippen molar-refractivity contribution in [2.24, 2.45) is 5.41 Å². The van der Waals surface area contributed by atoms with Crippen LogP contribution in [0.5, 0.6) is 5.75 Å². The van der Waals surface area contributed by atoms with Crippen LogP contribution in [0.15, 0.2) is 40.2 Å². The Hall–Kier alpha value is -3.99. The number of nitrogens with zero attached hydrogens (tertiary/aromatic N) is 6. The Balaban J connectivity index is 2.04. The SMILES string of the molecule is COc1ccc(Cl)cc1[C@H](Cn1c(=O)n(C(C)(C)C(=O)NC(C)C)c(=O)c2c(C)c(-n3nccn3)sc21)OCC(C)(C)C#N. The second-order valence-electron chi connectivity index (χ2n) is 11.9. The number of methoxy groups -OCH3 is 1. The first kappa shape index (κ1) is 32.9. The van der Waals surface area contributed by atoms with Gasteiger partial charge >= 0.3 is 5.69 Å². The summed E-state index contributed by atoms with van der Waals surface area (Å²) < 4.78 is 14.4. The molecular weight excluding hydrogens is 606 g/mol. The van der Waals surface area contributed by atoms with Gasteiger partial charge in [-0.3, -0.25) is 14.2 Å². The van der Waals surface area contributed by atoms with Crippen molar-refractivity contribution in [3.63, 3.8) is 0 Å². The fourth-order valence-corrected chi connectivity index (χ4v) is 6.15. The van der Waals surface area contributed by atoms with E-state index in [1.807, 2.05) is 0 Å². The molecule has 3 aromatic heterocycles. The van der Waals surface area contributed by atoms with E-state index in [-0.39, 0.29) is 24.6 Å². The standard InChI is InChI=1S/C30H36ClN7O5S/c1-17(2)35-27(40)30(6,7)37-24(39)23-18(3)25(38-33-11-12-34-38)44-26(23)36(28(37)41)14-22(43-16-29(4,5)15-32)20-13-19(31)9-10-21(20)42-8/h9-13,17,22H,14,16H2,1-8H3,(H,35,40)/t22-/m0/s1. The van der Waals surface area contributed by atoms with Crippen molar-refractivity contribution < 1.29 is 14.3 Å². The molecule has 1 atom stereocenters. The molecule has 0 aliphatic carbocycles. The van der Waals surface area contributed by atoms with E-state index < -0.39 is 34.2 Å². The molecule has 1 aromatic carbocycles. The Labute approximate surface area is 263 Å². The molecule has 234 valence electrons. The average Bonchev–Trinajstić information content (AvgIpc) is 3.60. The number of fused-ring (bicyclic) bond motifs is 1. The summed E-state index contributed by atoms with van der Waals surface area (Å²) in [6, 6.07) is 7.06. The molecule has 4 rings (SSSR count). The van der Waals surface area contributed by atoms with Crippen LogP contribution in [0, 0.1) is 23.7 Å². The Bertz CT molecular complexity index is 1850. The van der Waals surface area contributed by atoms with Gasteiger partial charge in [0, 0.05) is 22.2 Å². The number of benzene rings is 1. The summed E-state index contributed by atoms with van der Waals surface area (Å²) in [4.78, 5) is 43.7. The van der Waals surface area contributed by atoms with Gasteiger partial charge in [-0.2, -0.15) is 15.5 Å². The normalized spacial score (nSPS) is 12.8. The lowest BCUT2D eigenvalue weighted by Crippen LogP contribution is -2.56. The fraction of sp³-hybridized carbons (Fsp3) is 0.467. The van der Waals surface area contributed by atoms with E-state index >= 15 is 0 Å². The maximum atomic E-state index is 14.4. The summed E-state index contributed by atoms with van der Waals surface area (Å²) >= 11 is 7.57. The van der Waals surface area contributed by atoms with Gasteiger partial charge in [0.05, 0.1) is 49.5 Å². The van der Waals surface area contributed by atoms with Crippen LogP contribution < -0.4 is 21.3 Å². The predicted molar refractivity (Wildman–Crippen MR) is 169 cm³/mol. The predicted octanol–water partition coefficient (Wildman–Crippen LogP) is 4.34. The molecule has 1 N–H and O–H groups in total. The molecule has 4 aromatic rings. The van der Waals surface area contributed by atoms with Crippen LogP contribution >= 0.6 is 22.9 Å². The van der Waals surface area contributed by atoms with Crippen molar-refractivity contribution in [2.75, 3.05) is 13.7 Å². The minimum Gasteiger partial charge on any atom is -0.496 e. The van der Waals surface area contributed by atoms with Gasteiger partial charge in [-0.1, -0.05) is 22.9 Å². The third kappa shape index (κ3) is 6.29. The van der Waals surface area contributed by atoms with E-state index in [9.17, 15) is 19.6 Å². The number of carbonyl (C=O) groups is 1. The Morgan fingerprint density at radius 2 is 1.84 bits per heavy atom. The monoisotopic (exact) mass is 641 g/mol. The van der Waals surface area contributed by atoms with Crippen molar-refractivity contribution in [1.82, 2.24) is 29.4 Å². The molecule has 3 heterocycles. The summed E-state index contributed by atoms with van der Waals surface area (Å²) in [6.07, 6.45) is 2.19. The molecule has 1 amide bonds. The van der Waals surface area contributed by atoms with E-state index in [2.05, 4.69) is 21.6 Å². The number of carbonyl (C=O) groups excluding carboxylic acids is 1. The molecule has 0 saturated heterocycles. The van der Waals surface area contributed by atoms with Crippen LogP contribution in [0.25, 0.3) is 15.2 Å². The number of aromatic nitrogens is 5. The number of aryl methyl sites for hydroxylation is 1. The van der Waals surface area contributed by atoms with E-state index in [1.165, 1.54) is 54.1 Å². The number of amides is 1. The molecule has 14 heteroatoms. The number of rotatable bonds is 11. The zero-order valence-corrected chi connectivity index (χ0v) is 27.5. The highest BCUT2D eigenvalue weighted by Crippen LogP contribution is 2.36. The summed E-state index contributed by atoms with van der Waals surface area (Å²) in [5.41, 5.74) is -2.62. The zero-order valence-electron chi connectivity index (χ0n) is 26.0. The number of nitrogens with one attached hydrogen (secondary N) is 1. The van der Waals surface area contributed by atoms with Crippen LogP contribution in [-0.2, 0) is 21.6 Å². The number of hydrogen-bond donors (Lipinski definition) is 1. The van der Waals surface area contributed by atoms with Crippen LogP contribution in [-0.4, -0.2) is 49.8 Å². The molecule has 12 nitrogen and oxygen atoms in total. The summed E-state index contributed by atoms with van der Waals surface area (Å²) in [6.45, 7) is 11.8. The molecule has 0 aliphatic rings. The van der Waals surface area contributed by atoms with Crippen molar-refractivity contribution in [3.8, 4) is 16.8 Å². The molecular formula is C30H36ClN7O5S. The Morgan fingerprint density at radius 3 is 2.43 bits per heavy atom. The molecule has 0 saturated carbocycles.